The average Bonchev–Trinajstić information content (AvgIpc) is 2.39. The smallest absolute Gasteiger partial charge is 0.434 e. The van der Waals surface area contributed by atoms with E-state index < -0.39 is 24.5 Å². The van der Waals surface area contributed by atoms with Crippen LogP contribution in [0.4, 0.5) is 26.3 Å². The Kier molecular flexibility index (Phi) is 4.48. The zero-order chi connectivity index (χ0) is 16.3. The second-order valence-corrected chi connectivity index (χ2v) is 4.09. The molecule has 8 heteroatoms. The Bertz CT molecular complexity index is 637. The lowest BCUT2D eigenvalue weighted by molar-refractivity contribution is -0.274. The summed E-state index contributed by atoms with van der Waals surface area (Å²) in [5, 5.41) is 0. The second-order valence-electron chi connectivity index (χ2n) is 4.09. The Morgan fingerprint density at radius 2 is 1.55 bits per heavy atom. The first-order chi connectivity index (χ1) is 10.2. The molecular weight excluding hydrogens is 314 g/mol. The largest absolute Gasteiger partial charge is 0.573 e. The van der Waals surface area contributed by atoms with Gasteiger partial charge in [-0.3, -0.25) is 0 Å². The van der Waals surface area contributed by atoms with Crippen LogP contribution >= 0.6 is 0 Å². The zero-order valence-corrected chi connectivity index (χ0v) is 10.7. The van der Waals surface area contributed by atoms with E-state index in [1.807, 2.05) is 0 Å². The molecule has 0 radical (unpaired) electrons. The van der Waals surface area contributed by atoms with Crippen LogP contribution in [0.5, 0.6) is 11.5 Å². The van der Waals surface area contributed by atoms with Gasteiger partial charge in [-0.15, -0.1) is 13.2 Å². The van der Waals surface area contributed by atoms with Gasteiger partial charge in [0.2, 0.25) is 0 Å². The van der Waals surface area contributed by atoms with Gasteiger partial charge in [-0.25, -0.2) is 4.39 Å². The number of rotatable bonds is 4. The maximum atomic E-state index is 13.3. The molecule has 0 atom stereocenters. The van der Waals surface area contributed by atoms with Gasteiger partial charge < -0.3 is 9.47 Å². The Morgan fingerprint density at radius 3 is 2.09 bits per heavy atom. The standard InChI is InChI=1S/C14H8F6O2/c15-9-3-6-12(21-13(16)17)11(7-9)8-1-4-10(5-2-8)22-14(18,19)20/h1-7,13H. The first kappa shape index (κ1) is 16.0. The van der Waals surface area contributed by atoms with Gasteiger partial charge in [0.05, 0.1) is 0 Å². The summed E-state index contributed by atoms with van der Waals surface area (Å²) >= 11 is 0. The van der Waals surface area contributed by atoms with Gasteiger partial charge in [0, 0.05) is 5.56 Å². The molecule has 0 saturated carbocycles. The van der Waals surface area contributed by atoms with E-state index in [0.717, 1.165) is 30.3 Å². The van der Waals surface area contributed by atoms with Gasteiger partial charge in [-0.1, -0.05) is 12.1 Å². The van der Waals surface area contributed by atoms with Crippen molar-refractivity contribution in [1.82, 2.24) is 0 Å². The molecule has 0 saturated heterocycles. The molecule has 0 N–H and O–H groups in total. The first-order valence-electron chi connectivity index (χ1n) is 5.85. The molecule has 0 spiro atoms. The Labute approximate surface area is 120 Å². The number of hydrogen-bond donors (Lipinski definition) is 0. The lowest BCUT2D eigenvalue weighted by Crippen LogP contribution is -2.16. The van der Waals surface area contributed by atoms with Gasteiger partial charge in [0.1, 0.15) is 17.3 Å². The Balaban J connectivity index is 2.33. The predicted molar refractivity (Wildman–Crippen MR) is 65.2 cm³/mol. The minimum absolute atomic E-state index is 0.0149. The third kappa shape index (κ3) is 4.31. The highest BCUT2D eigenvalue weighted by molar-refractivity contribution is 5.71. The summed E-state index contributed by atoms with van der Waals surface area (Å²) < 4.78 is 82.0. The quantitative estimate of drug-likeness (QED) is 0.738. The van der Waals surface area contributed by atoms with Gasteiger partial charge in [-0.2, -0.15) is 8.78 Å². The molecule has 0 unspecified atom stereocenters. The summed E-state index contributed by atoms with van der Waals surface area (Å²) in [6, 6.07) is 7.21. The van der Waals surface area contributed by atoms with E-state index >= 15 is 0 Å². The van der Waals surface area contributed by atoms with Crippen LogP contribution in [-0.4, -0.2) is 13.0 Å². The maximum absolute atomic E-state index is 13.3. The van der Waals surface area contributed by atoms with Crippen LogP contribution in [0.15, 0.2) is 42.5 Å². The van der Waals surface area contributed by atoms with Crippen molar-refractivity contribution in [2.24, 2.45) is 0 Å². The summed E-state index contributed by atoms with van der Waals surface area (Å²) in [6.07, 6.45) is -4.84. The highest BCUT2D eigenvalue weighted by Crippen LogP contribution is 2.33. The van der Waals surface area contributed by atoms with E-state index in [-0.39, 0.29) is 16.9 Å². The topological polar surface area (TPSA) is 18.5 Å². The third-order valence-corrected chi connectivity index (χ3v) is 2.56. The molecule has 0 aromatic heterocycles. The molecule has 2 rings (SSSR count). The SMILES string of the molecule is Fc1ccc(OC(F)F)c(-c2ccc(OC(F)(F)F)cc2)c1. The van der Waals surface area contributed by atoms with Crippen LogP contribution < -0.4 is 9.47 Å². The van der Waals surface area contributed by atoms with Crippen LogP contribution in [0, 0.1) is 5.82 Å². The normalized spacial score (nSPS) is 11.6. The van der Waals surface area contributed by atoms with Crippen molar-refractivity contribution < 1.29 is 35.8 Å². The maximum Gasteiger partial charge on any atom is 0.573 e. The third-order valence-electron chi connectivity index (χ3n) is 2.56. The van der Waals surface area contributed by atoms with Crippen molar-refractivity contribution in [3.05, 3.63) is 48.3 Å². The van der Waals surface area contributed by atoms with E-state index in [2.05, 4.69) is 9.47 Å². The van der Waals surface area contributed by atoms with Crippen LogP contribution in [0.1, 0.15) is 0 Å². The average molecular weight is 322 g/mol. The fourth-order valence-corrected chi connectivity index (χ4v) is 1.76. The van der Waals surface area contributed by atoms with Gasteiger partial charge >= 0.3 is 13.0 Å². The molecule has 22 heavy (non-hydrogen) atoms. The molecule has 0 aliphatic heterocycles. The van der Waals surface area contributed by atoms with Gasteiger partial charge in [-0.05, 0) is 35.9 Å². The highest BCUT2D eigenvalue weighted by atomic mass is 19.4. The minimum atomic E-state index is -4.84. The minimum Gasteiger partial charge on any atom is -0.434 e. The Morgan fingerprint density at radius 1 is 0.909 bits per heavy atom. The van der Waals surface area contributed by atoms with Crippen LogP contribution in [0.3, 0.4) is 0 Å². The molecule has 0 heterocycles. The molecule has 118 valence electrons. The molecule has 0 aliphatic rings. The summed E-state index contributed by atoms with van der Waals surface area (Å²) in [5.74, 6) is -1.47. The first-order valence-corrected chi connectivity index (χ1v) is 5.85. The summed E-state index contributed by atoms with van der Waals surface area (Å²) in [7, 11) is 0. The fraction of sp³-hybridized carbons (Fsp3) is 0.143. The lowest BCUT2D eigenvalue weighted by Gasteiger charge is -2.12. The number of ether oxygens (including phenoxy) is 2. The molecule has 0 amide bonds. The molecule has 2 aromatic carbocycles. The molecule has 0 aliphatic carbocycles. The van der Waals surface area contributed by atoms with Crippen molar-refractivity contribution in [2.75, 3.05) is 0 Å². The Hall–Kier alpha value is -2.38. The second kappa shape index (κ2) is 6.17. The van der Waals surface area contributed by atoms with E-state index in [1.165, 1.54) is 12.1 Å². The van der Waals surface area contributed by atoms with E-state index in [4.69, 9.17) is 0 Å². The highest BCUT2D eigenvalue weighted by Gasteiger charge is 2.31. The van der Waals surface area contributed by atoms with E-state index in [1.54, 1.807) is 0 Å². The summed E-state index contributed by atoms with van der Waals surface area (Å²) in [4.78, 5) is 0. The number of halogens is 6. The van der Waals surface area contributed by atoms with Crippen molar-refractivity contribution in [2.45, 2.75) is 13.0 Å². The monoisotopic (exact) mass is 322 g/mol. The van der Waals surface area contributed by atoms with Crippen molar-refractivity contribution in [3.8, 4) is 22.6 Å². The summed E-state index contributed by atoms with van der Waals surface area (Å²) in [5.41, 5.74) is 0.184. The van der Waals surface area contributed by atoms with Crippen molar-refractivity contribution >= 4 is 0 Å². The number of benzene rings is 2. The van der Waals surface area contributed by atoms with Crippen LogP contribution in [-0.2, 0) is 0 Å². The fourth-order valence-electron chi connectivity index (χ4n) is 1.76. The van der Waals surface area contributed by atoms with Crippen LogP contribution in [0.2, 0.25) is 0 Å². The molecule has 0 fully saturated rings. The molecule has 2 nitrogen and oxygen atoms in total. The zero-order valence-electron chi connectivity index (χ0n) is 10.7. The number of alkyl halides is 5. The van der Waals surface area contributed by atoms with Crippen molar-refractivity contribution in [3.63, 3.8) is 0 Å². The number of hydrogen-bond acceptors (Lipinski definition) is 2. The molecule has 0 bridgehead atoms. The van der Waals surface area contributed by atoms with E-state index in [0.29, 0.717) is 0 Å². The van der Waals surface area contributed by atoms with Gasteiger partial charge in [0.25, 0.3) is 0 Å². The van der Waals surface area contributed by atoms with E-state index in [9.17, 15) is 26.3 Å². The van der Waals surface area contributed by atoms with Gasteiger partial charge in [0.15, 0.2) is 0 Å². The van der Waals surface area contributed by atoms with Crippen molar-refractivity contribution in [1.29, 1.82) is 0 Å². The predicted octanol–water partition coefficient (Wildman–Crippen LogP) is 4.99. The summed E-state index contributed by atoms with van der Waals surface area (Å²) in [6.45, 7) is -3.11. The lowest BCUT2D eigenvalue weighted by atomic mass is 10.0. The molecule has 2 aromatic rings. The molecular formula is C14H8F6O2. The van der Waals surface area contributed by atoms with Crippen LogP contribution in [0.25, 0.3) is 11.1 Å².